The van der Waals surface area contributed by atoms with Crippen molar-refractivity contribution in [3.63, 3.8) is 0 Å². The molecule has 5 nitrogen and oxygen atoms in total. The summed E-state index contributed by atoms with van der Waals surface area (Å²) in [6.45, 7) is 3.65. The van der Waals surface area contributed by atoms with Gasteiger partial charge in [0.2, 0.25) is 14.9 Å². The van der Waals surface area contributed by atoms with Crippen LogP contribution in [0.2, 0.25) is 0 Å². The van der Waals surface area contributed by atoms with Gasteiger partial charge in [-0.15, -0.1) is 0 Å². The topological polar surface area (TPSA) is 65.7 Å². The fourth-order valence-electron chi connectivity index (χ4n) is 1.73. The highest BCUT2D eigenvalue weighted by atomic mass is 32.2. The van der Waals surface area contributed by atoms with E-state index in [4.69, 9.17) is 13.9 Å². The molecule has 0 aliphatic carbocycles. The van der Waals surface area contributed by atoms with Gasteiger partial charge in [0.05, 0.1) is 6.10 Å². The van der Waals surface area contributed by atoms with Crippen molar-refractivity contribution < 1.29 is 26.7 Å². The van der Waals surface area contributed by atoms with Crippen molar-refractivity contribution in [1.82, 2.24) is 0 Å². The van der Waals surface area contributed by atoms with Crippen LogP contribution in [-0.2, 0) is 16.4 Å². The maximum Gasteiger partial charge on any atom is 0.218 e. The summed E-state index contributed by atoms with van der Waals surface area (Å²) in [5, 5.41) is -0.121. The molecule has 0 spiro atoms. The molecule has 0 aliphatic heterocycles. The molecular formula is C15H17FO5S. The van der Waals surface area contributed by atoms with E-state index in [0.29, 0.717) is 11.5 Å². The number of hydrogen-bond acceptors (Lipinski definition) is 5. The van der Waals surface area contributed by atoms with Gasteiger partial charge in [-0.05, 0) is 38.1 Å². The molecule has 0 saturated carbocycles. The van der Waals surface area contributed by atoms with Crippen molar-refractivity contribution in [2.45, 2.75) is 31.7 Å². The van der Waals surface area contributed by atoms with E-state index in [1.807, 2.05) is 13.8 Å². The second-order valence-corrected chi connectivity index (χ2v) is 6.99. The van der Waals surface area contributed by atoms with Crippen LogP contribution in [0, 0.1) is 5.82 Å². The SMILES string of the molecule is CC(C)Oc1cc(F)ccc1OCc1ccc(S(C)(=O)=O)o1. The summed E-state index contributed by atoms with van der Waals surface area (Å²) in [5.74, 6) is 0.554. The fraction of sp³-hybridized carbons (Fsp3) is 0.333. The zero-order valence-electron chi connectivity index (χ0n) is 12.5. The first-order chi connectivity index (χ1) is 10.3. The van der Waals surface area contributed by atoms with Gasteiger partial charge in [0.25, 0.3) is 0 Å². The predicted octanol–water partition coefficient (Wildman–Crippen LogP) is 3.19. The molecule has 1 aromatic heterocycles. The van der Waals surface area contributed by atoms with E-state index in [1.165, 1.54) is 30.3 Å². The summed E-state index contributed by atoms with van der Waals surface area (Å²) < 4.78 is 52.1. The van der Waals surface area contributed by atoms with Crippen molar-refractivity contribution in [2.24, 2.45) is 0 Å². The van der Waals surface area contributed by atoms with Crippen LogP contribution in [0.15, 0.2) is 39.8 Å². The van der Waals surface area contributed by atoms with Gasteiger partial charge in [0.1, 0.15) is 18.2 Å². The van der Waals surface area contributed by atoms with Crippen molar-refractivity contribution >= 4 is 9.84 Å². The third-order valence-electron chi connectivity index (χ3n) is 2.64. The lowest BCUT2D eigenvalue weighted by molar-refractivity contribution is 0.207. The van der Waals surface area contributed by atoms with E-state index in [-0.39, 0.29) is 23.6 Å². The van der Waals surface area contributed by atoms with Crippen molar-refractivity contribution in [3.05, 3.63) is 41.9 Å². The molecule has 1 aromatic carbocycles. The van der Waals surface area contributed by atoms with Crippen LogP contribution in [0.5, 0.6) is 11.5 Å². The summed E-state index contributed by atoms with van der Waals surface area (Å²) in [6, 6.07) is 6.83. The Morgan fingerprint density at radius 1 is 1.18 bits per heavy atom. The van der Waals surface area contributed by atoms with Gasteiger partial charge in [0.15, 0.2) is 11.5 Å². The van der Waals surface area contributed by atoms with Crippen LogP contribution in [0.3, 0.4) is 0 Å². The average molecular weight is 328 g/mol. The van der Waals surface area contributed by atoms with Gasteiger partial charge in [-0.2, -0.15) is 0 Å². The van der Waals surface area contributed by atoms with Gasteiger partial charge >= 0.3 is 0 Å². The Hall–Kier alpha value is -2.02. The minimum absolute atomic E-state index is 0.00953. The van der Waals surface area contributed by atoms with E-state index in [2.05, 4.69) is 0 Å². The number of halogens is 1. The summed E-state index contributed by atoms with van der Waals surface area (Å²) in [7, 11) is -3.39. The van der Waals surface area contributed by atoms with Gasteiger partial charge < -0.3 is 13.9 Å². The zero-order valence-corrected chi connectivity index (χ0v) is 13.3. The summed E-state index contributed by atoms with van der Waals surface area (Å²) in [4.78, 5) is 0. The second-order valence-electron chi connectivity index (χ2n) is 5.04. The van der Waals surface area contributed by atoms with Gasteiger partial charge in [-0.1, -0.05) is 0 Å². The van der Waals surface area contributed by atoms with Crippen LogP contribution in [0.25, 0.3) is 0 Å². The normalized spacial score (nSPS) is 11.7. The Kier molecular flexibility index (Phi) is 4.75. The second kappa shape index (κ2) is 6.39. The zero-order chi connectivity index (χ0) is 16.3. The Morgan fingerprint density at radius 3 is 2.50 bits per heavy atom. The standard InChI is InChI=1S/C15H17FO5S/c1-10(2)20-14-8-11(16)4-6-13(14)19-9-12-5-7-15(21-12)22(3,17)18/h4-8,10H,9H2,1-3H3. The summed E-state index contributed by atoms with van der Waals surface area (Å²) >= 11 is 0. The first kappa shape index (κ1) is 16.4. The minimum Gasteiger partial charge on any atom is -0.487 e. The third kappa shape index (κ3) is 4.24. The molecule has 0 N–H and O–H groups in total. The summed E-state index contributed by atoms with van der Waals surface area (Å²) in [5.41, 5.74) is 0. The molecule has 0 fully saturated rings. The summed E-state index contributed by atoms with van der Waals surface area (Å²) in [6.07, 6.45) is 0.926. The van der Waals surface area contributed by atoms with Crippen molar-refractivity contribution in [1.29, 1.82) is 0 Å². The molecule has 0 bridgehead atoms. The highest BCUT2D eigenvalue weighted by Gasteiger charge is 2.14. The lowest BCUT2D eigenvalue weighted by Crippen LogP contribution is -2.07. The number of rotatable bonds is 6. The first-order valence-electron chi connectivity index (χ1n) is 6.63. The smallest absolute Gasteiger partial charge is 0.218 e. The van der Waals surface area contributed by atoms with Crippen molar-refractivity contribution in [3.8, 4) is 11.5 Å². The van der Waals surface area contributed by atoms with E-state index in [9.17, 15) is 12.8 Å². The fourth-order valence-corrected chi connectivity index (χ4v) is 2.30. The lowest BCUT2D eigenvalue weighted by atomic mass is 10.3. The Balaban J connectivity index is 2.13. The predicted molar refractivity (Wildman–Crippen MR) is 78.3 cm³/mol. The Morgan fingerprint density at radius 2 is 1.91 bits per heavy atom. The third-order valence-corrected chi connectivity index (χ3v) is 3.59. The van der Waals surface area contributed by atoms with Gasteiger partial charge in [0, 0.05) is 12.3 Å². The van der Waals surface area contributed by atoms with E-state index >= 15 is 0 Å². The number of ether oxygens (including phenoxy) is 2. The molecule has 0 radical (unpaired) electrons. The molecule has 2 aromatic rings. The number of benzene rings is 1. The quantitative estimate of drug-likeness (QED) is 0.815. The molecule has 7 heteroatoms. The van der Waals surface area contributed by atoms with E-state index in [1.54, 1.807) is 0 Å². The lowest BCUT2D eigenvalue weighted by Gasteiger charge is -2.14. The van der Waals surface area contributed by atoms with Crippen LogP contribution < -0.4 is 9.47 Å². The van der Waals surface area contributed by atoms with Crippen molar-refractivity contribution in [2.75, 3.05) is 6.26 Å². The average Bonchev–Trinajstić information content (AvgIpc) is 2.86. The van der Waals surface area contributed by atoms with Gasteiger partial charge in [-0.25, -0.2) is 12.8 Å². The Bertz CT molecular complexity index is 749. The first-order valence-corrected chi connectivity index (χ1v) is 8.52. The molecule has 1 heterocycles. The molecule has 0 atom stereocenters. The molecule has 0 saturated heterocycles. The maximum absolute atomic E-state index is 13.3. The molecule has 0 amide bonds. The highest BCUT2D eigenvalue weighted by molar-refractivity contribution is 7.90. The van der Waals surface area contributed by atoms with Crippen LogP contribution in [0.1, 0.15) is 19.6 Å². The molecular weight excluding hydrogens is 311 g/mol. The Labute approximate surface area is 128 Å². The van der Waals surface area contributed by atoms with Crippen LogP contribution in [0.4, 0.5) is 4.39 Å². The highest BCUT2D eigenvalue weighted by Crippen LogP contribution is 2.30. The molecule has 0 unspecified atom stereocenters. The van der Waals surface area contributed by atoms with E-state index < -0.39 is 15.7 Å². The van der Waals surface area contributed by atoms with Gasteiger partial charge in [-0.3, -0.25) is 0 Å². The molecule has 120 valence electrons. The number of hydrogen-bond donors (Lipinski definition) is 0. The molecule has 2 rings (SSSR count). The van der Waals surface area contributed by atoms with E-state index in [0.717, 1.165) is 6.26 Å². The minimum atomic E-state index is -3.39. The number of furan rings is 1. The largest absolute Gasteiger partial charge is 0.487 e. The maximum atomic E-state index is 13.3. The van der Waals surface area contributed by atoms with Crippen LogP contribution >= 0.6 is 0 Å². The van der Waals surface area contributed by atoms with Crippen LogP contribution in [-0.4, -0.2) is 20.8 Å². The molecule has 22 heavy (non-hydrogen) atoms. The number of sulfone groups is 1. The monoisotopic (exact) mass is 328 g/mol. The molecule has 0 aliphatic rings.